The van der Waals surface area contributed by atoms with Crippen LogP contribution in [-0.2, 0) is 0 Å². The maximum absolute atomic E-state index is 2.56. The van der Waals surface area contributed by atoms with E-state index in [4.69, 9.17) is 0 Å². The van der Waals surface area contributed by atoms with Crippen molar-refractivity contribution in [1.29, 1.82) is 0 Å². The minimum atomic E-state index is 0. The Labute approximate surface area is 80.1 Å². The lowest BCUT2D eigenvalue weighted by Gasteiger charge is -2.28. The largest absolute Gasteiger partial charge is 0.301 e. The maximum Gasteiger partial charge on any atom is 0.00922 e. The van der Waals surface area contributed by atoms with Crippen molar-refractivity contribution in [3.05, 3.63) is 0 Å². The van der Waals surface area contributed by atoms with Crippen LogP contribution < -0.4 is 0 Å². The number of nitrogens with zero attached hydrogens (tertiary/aromatic N) is 1. The van der Waals surface area contributed by atoms with Crippen molar-refractivity contribution in [2.24, 2.45) is 0 Å². The summed E-state index contributed by atoms with van der Waals surface area (Å²) < 4.78 is 0. The molecule has 0 spiro atoms. The Morgan fingerprint density at radius 1 is 1.00 bits per heavy atom. The second kappa shape index (κ2) is 9.12. The molecular formula is C10H23BN. The smallest absolute Gasteiger partial charge is 0.00922 e. The lowest BCUT2D eigenvalue weighted by molar-refractivity contribution is 0.199. The highest BCUT2D eigenvalue weighted by molar-refractivity contribution is 5.75. The molecule has 0 rings (SSSR count). The van der Waals surface area contributed by atoms with E-state index >= 15 is 0 Å². The molecule has 0 fully saturated rings. The summed E-state index contributed by atoms with van der Waals surface area (Å²) in [5.41, 5.74) is 0. The van der Waals surface area contributed by atoms with Crippen LogP contribution in [0.5, 0.6) is 0 Å². The van der Waals surface area contributed by atoms with Crippen LogP contribution in [0, 0.1) is 0 Å². The predicted molar refractivity (Wildman–Crippen MR) is 57.7 cm³/mol. The summed E-state index contributed by atoms with van der Waals surface area (Å²) in [6.07, 6.45) is 3.97. The van der Waals surface area contributed by atoms with E-state index in [9.17, 15) is 0 Å². The van der Waals surface area contributed by atoms with Crippen LogP contribution in [0.15, 0.2) is 0 Å². The summed E-state index contributed by atoms with van der Waals surface area (Å²) in [6.45, 7) is 11.5. The van der Waals surface area contributed by atoms with Gasteiger partial charge >= 0.3 is 0 Å². The van der Waals surface area contributed by atoms with Gasteiger partial charge in [0.25, 0.3) is 0 Å². The quantitative estimate of drug-likeness (QED) is 0.551. The lowest BCUT2D eigenvalue weighted by Crippen LogP contribution is -2.34. The molecule has 0 N–H and O–H groups in total. The van der Waals surface area contributed by atoms with E-state index in [1.807, 2.05) is 0 Å². The first-order valence-corrected chi connectivity index (χ1v) is 5.04. The van der Waals surface area contributed by atoms with Gasteiger partial charge in [0, 0.05) is 14.5 Å². The molecule has 0 aliphatic carbocycles. The van der Waals surface area contributed by atoms with E-state index < -0.39 is 0 Å². The molecule has 1 unspecified atom stereocenters. The molecule has 0 aromatic heterocycles. The molecule has 2 heteroatoms. The highest BCUT2D eigenvalue weighted by Crippen LogP contribution is 2.09. The summed E-state index contributed by atoms with van der Waals surface area (Å²) in [5, 5.41) is 0. The SMILES string of the molecule is CCCC(CC)N(CC)CC.[B]. The van der Waals surface area contributed by atoms with E-state index in [1.54, 1.807) is 0 Å². The van der Waals surface area contributed by atoms with Crippen LogP contribution in [0.2, 0.25) is 0 Å². The third-order valence-corrected chi connectivity index (χ3v) is 2.42. The zero-order valence-corrected chi connectivity index (χ0v) is 9.14. The standard InChI is InChI=1S/C10H23N.B/c1-5-9-10(6-2)11(7-3)8-4;/h10H,5-9H2,1-4H3;. The molecule has 0 aromatic rings. The fraction of sp³-hybridized carbons (Fsp3) is 1.00. The third kappa shape index (κ3) is 4.81. The topological polar surface area (TPSA) is 3.24 Å². The summed E-state index contributed by atoms with van der Waals surface area (Å²) in [6, 6.07) is 0.829. The average molecular weight is 168 g/mol. The van der Waals surface area contributed by atoms with E-state index in [1.165, 1.54) is 32.4 Å². The van der Waals surface area contributed by atoms with E-state index in [0.29, 0.717) is 0 Å². The van der Waals surface area contributed by atoms with Crippen molar-refractivity contribution in [3.8, 4) is 0 Å². The van der Waals surface area contributed by atoms with Crippen molar-refractivity contribution in [2.45, 2.75) is 53.0 Å². The van der Waals surface area contributed by atoms with Gasteiger partial charge in [0.15, 0.2) is 0 Å². The minimum absolute atomic E-state index is 0. The molecule has 1 nitrogen and oxygen atoms in total. The molecule has 1 atom stereocenters. The fourth-order valence-corrected chi connectivity index (χ4v) is 1.72. The van der Waals surface area contributed by atoms with Crippen LogP contribution in [-0.4, -0.2) is 32.4 Å². The molecule has 0 heterocycles. The van der Waals surface area contributed by atoms with Gasteiger partial charge in [-0.1, -0.05) is 34.1 Å². The fourth-order valence-electron chi connectivity index (χ4n) is 1.72. The van der Waals surface area contributed by atoms with E-state index in [-0.39, 0.29) is 8.41 Å². The molecule has 0 aliphatic heterocycles. The monoisotopic (exact) mass is 168 g/mol. The molecule has 0 aromatic carbocycles. The molecule has 71 valence electrons. The van der Waals surface area contributed by atoms with Crippen molar-refractivity contribution in [2.75, 3.05) is 13.1 Å². The number of rotatable bonds is 6. The van der Waals surface area contributed by atoms with Gasteiger partial charge in [0.05, 0.1) is 0 Å². The summed E-state index contributed by atoms with van der Waals surface area (Å²) >= 11 is 0. The highest BCUT2D eigenvalue weighted by atomic mass is 15.1. The molecule has 0 aliphatic rings. The van der Waals surface area contributed by atoms with Gasteiger partial charge in [0.1, 0.15) is 0 Å². The molecule has 0 saturated carbocycles. The van der Waals surface area contributed by atoms with Crippen molar-refractivity contribution in [1.82, 2.24) is 4.90 Å². The zero-order chi connectivity index (χ0) is 8.69. The Balaban J connectivity index is 0. The minimum Gasteiger partial charge on any atom is -0.301 e. The Bertz CT molecular complexity index is 81.9. The van der Waals surface area contributed by atoms with Crippen LogP contribution in [0.3, 0.4) is 0 Å². The molecule has 0 amide bonds. The first-order chi connectivity index (χ1) is 5.29. The summed E-state index contributed by atoms with van der Waals surface area (Å²) in [4.78, 5) is 2.56. The summed E-state index contributed by atoms with van der Waals surface area (Å²) in [5.74, 6) is 0. The van der Waals surface area contributed by atoms with E-state index in [0.717, 1.165) is 6.04 Å². The van der Waals surface area contributed by atoms with Gasteiger partial charge in [-0.3, -0.25) is 0 Å². The molecule has 12 heavy (non-hydrogen) atoms. The van der Waals surface area contributed by atoms with Crippen LogP contribution in [0.1, 0.15) is 47.0 Å². The Kier molecular flexibility index (Phi) is 11.0. The Morgan fingerprint density at radius 2 is 1.50 bits per heavy atom. The maximum atomic E-state index is 2.56. The third-order valence-electron chi connectivity index (χ3n) is 2.42. The van der Waals surface area contributed by atoms with Crippen LogP contribution >= 0.6 is 0 Å². The van der Waals surface area contributed by atoms with Gasteiger partial charge in [-0.15, -0.1) is 0 Å². The van der Waals surface area contributed by atoms with Crippen molar-refractivity contribution in [3.63, 3.8) is 0 Å². The van der Waals surface area contributed by atoms with Gasteiger partial charge in [-0.05, 0) is 25.9 Å². The van der Waals surface area contributed by atoms with Gasteiger partial charge in [0.2, 0.25) is 0 Å². The average Bonchev–Trinajstić information content (AvgIpc) is 2.05. The zero-order valence-electron chi connectivity index (χ0n) is 9.14. The lowest BCUT2D eigenvalue weighted by atomic mass is 10.1. The number of hydrogen-bond donors (Lipinski definition) is 0. The Morgan fingerprint density at radius 3 is 1.75 bits per heavy atom. The second-order valence-electron chi connectivity index (χ2n) is 3.07. The van der Waals surface area contributed by atoms with Crippen LogP contribution in [0.4, 0.5) is 0 Å². The highest BCUT2D eigenvalue weighted by Gasteiger charge is 2.10. The second-order valence-corrected chi connectivity index (χ2v) is 3.07. The van der Waals surface area contributed by atoms with Crippen molar-refractivity contribution < 1.29 is 0 Å². The first kappa shape index (κ1) is 14.5. The molecule has 0 saturated heterocycles. The van der Waals surface area contributed by atoms with Crippen LogP contribution in [0.25, 0.3) is 0 Å². The van der Waals surface area contributed by atoms with Gasteiger partial charge < -0.3 is 4.90 Å². The molecule has 3 radical (unpaired) electrons. The molecular weight excluding hydrogens is 145 g/mol. The van der Waals surface area contributed by atoms with Gasteiger partial charge in [-0.25, -0.2) is 0 Å². The first-order valence-electron chi connectivity index (χ1n) is 5.04. The number of hydrogen-bond acceptors (Lipinski definition) is 1. The van der Waals surface area contributed by atoms with Gasteiger partial charge in [-0.2, -0.15) is 0 Å². The predicted octanol–water partition coefficient (Wildman–Crippen LogP) is 2.53. The normalized spacial score (nSPS) is 12.8. The van der Waals surface area contributed by atoms with Crippen molar-refractivity contribution >= 4 is 8.41 Å². The van der Waals surface area contributed by atoms with E-state index in [2.05, 4.69) is 32.6 Å². The summed E-state index contributed by atoms with van der Waals surface area (Å²) in [7, 11) is 0. The Hall–Kier alpha value is 0.0249. The molecule has 0 bridgehead atoms.